The SMILES string of the molecule is COc1ccc(N(CC(=O)N(Cc2c(Cl)cccc2Cl)[C@@H](Cc2ccccc2)C(=O)NC2CCCCC2)S(=O)(=O)c2ccc(C)cc2)cc1Cl. The van der Waals surface area contributed by atoms with Crippen LogP contribution in [0.15, 0.2) is 95.9 Å². The van der Waals surface area contributed by atoms with E-state index in [-0.39, 0.29) is 40.5 Å². The number of ether oxygens (including phenoxy) is 1. The summed E-state index contributed by atoms with van der Waals surface area (Å²) in [6, 6.07) is 24.2. The molecule has 0 spiro atoms. The first-order chi connectivity index (χ1) is 24.0. The van der Waals surface area contributed by atoms with Crippen molar-refractivity contribution < 1.29 is 22.7 Å². The molecule has 0 aromatic heterocycles. The fourth-order valence-electron chi connectivity index (χ4n) is 6.13. The van der Waals surface area contributed by atoms with Gasteiger partial charge in [-0.1, -0.05) is 108 Å². The van der Waals surface area contributed by atoms with E-state index >= 15 is 0 Å². The summed E-state index contributed by atoms with van der Waals surface area (Å²) in [4.78, 5) is 30.5. The molecule has 1 aliphatic rings. The Balaban J connectivity index is 1.61. The van der Waals surface area contributed by atoms with Crippen LogP contribution in [0.1, 0.15) is 48.8 Å². The molecule has 0 heterocycles. The topological polar surface area (TPSA) is 96.0 Å². The van der Waals surface area contributed by atoms with Crippen LogP contribution in [0.5, 0.6) is 5.75 Å². The van der Waals surface area contributed by atoms with Crippen molar-refractivity contribution in [3.8, 4) is 5.75 Å². The second kappa shape index (κ2) is 17.0. The van der Waals surface area contributed by atoms with Gasteiger partial charge in [0.1, 0.15) is 18.3 Å². The fraction of sp³-hybridized carbons (Fsp3) is 0.316. The maximum absolute atomic E-state index is 14.8. The van der Waals surface area contributed by atoms with Crippen molar-refractivity contribution >= 4 is 62.3 Å². The number of hydrogen-bond acceptors (Lipinski definition) is 5. The Morgan fingerprint density at radius 3 is 2.14 bits per heavy atom. The number of aryl methyl sites for hydroxylation is 1. The normalized spacial score (nSPS) is 14.1. The Morgan fingerprint density at radius 1 is 0.860 bits per heavy atom. The molecule has 2 amide bonds. The minimum absolute atomic E-state index is 0.0144. The first-order valence-corrected chi connectivity index (χ1v) is 19.0. The van der Waals surface area contributed by atoms with E-state index < -0.39 is 28.5 Å². The third-order valence-electron chi connectivity index (χ3n) is 8.92. The van der Waals surface area contributed by atoms with E-state index in [0.717, 1.165) is 47.5 Å². The van der Waals surface area contributed by atoms with E-state index in [4.69, 9.17) is 39.5 Å². The first-order valence-electron chi connectivity index (χ1n) is 16.5. The Kier molecular flexibility index (Phi) is 12.7. The van der Waals surface area contributed by atoms with Crippen LogP contribution in [0, 0.1) is 6.92 Å². The van der Waals surface area contributed by atoms with E-state index in [0.29, 0.717) is 21.4 Å². The lowest BCUT2D eigenvalue weighted by molar-refractivity contribution is -0.140. The van der Waals surface area contributed by atoms with Crippen LogP contribution < -0.4 is 14.4 Å². The number of nitrogens with one attached hydrogen (secondary N) is 1. The van der Waals surface area contributed by atoms with Crippen molar-refractivity contribution in [1.29, 1.82) is 0 Å². The zero-order valence-corrected chi connectivity index (χ0v) is 31.0. The second-order valence-corrected chi connectivity index (χ2v) is 15.5. The molecule has 0 saturated heterocycles. The third-order valence-corrected chi connectivity index (χ3v) is 11.7. The van der Waals surface area contributed by atoms with Crippen LogP contribution in [0.4, 0.5) is 5.69 Å². The number of sulfonamides is 1. The van der Waals surface area contributed by atoms with Gasteiger partial charge in [0.25, 0.3) is 10.0 Å². The molecule has 264 valence electrons. The molecule has 12 heteroatoms. The molecule has 0 aliphatic heterocycles. The molecule has 0 radical (unpaired) electrons. The van der Waals surface area contributed by atoms with Crippen LogP contribution in [-0.2, 0) is 32.6 Å². The zero-order valence-electron chi connectivity index (χ0n) is 27.9. The summed E-state index contributed by atoms with van der Waals surface area (Å²) in [5.74, 6) is -0.632. The highest BCUT2D eigenvalue weighted by Gasteiger charge is 2.36. The zero-order chi connectivity index (χ0) is 35.8. The number of rotatable bonds is 13. The van der Waals surface area contributed by atoms with E-state index in [1.807, 2.05) is 37.3 Å². The number of benzene rings is 4. The van der Waals surface area contributed by atoms with Crippen molar-refractivity contribution in [2.75, 3.05) is 18.0 Å². The van der Waals surface area contributed by atoms with Gasteiger partial charge in [0.05, 0.1) is 22.7 Å². The first kappa shape index (κ1) is 37.5. The predicted octanol–water partition coefficient (Wildman–Crippen LogP) is 8.25. The van der Waals surface area contributed by atoms with Crippen molar-refractivity contribution in [3.05, 3.63) is 123 Å². The molecule has 0 bridgehead atoms. The monoisotopic (exact) mass is 755 g/mol. The lowest BCUT2D eigenvalue weighted by atomic mass is 9.94. The number of carbonyl (C=O) groups is 2. The standard InChI is InChI=1S/C38H40Cl3N3O5S/c1-26-16-19-30(20-17-26)50(47,48)44(29-18-21-36(49-2)34(41)23-29)25-37(45)43(24-31-32(39)14-9-15-33(31)40)35(22-27-10-5-3-6-11-27)38(46)42-28-12-7-4-8-13-28/h3,5-6,9-11,14-21,23,28,35H,4,7-8,12-13,22,24-25H2,1-2H3,(H,42,46)/t35-/m0/s1. The van der Waals surface area contributed by atoms with Crippen LogP contribution in [0.2, 0.25) is 15.1 Å². The van der Waals surface area contributed by atoms with Crippen LogP contribution in [0.3, 0.4) is 0 Å². The van der Waals surface area contributed by atoms with Gasteiger partial charge in [-0.3, -0.25) is 13.9 Å². The minimum atomic E-state index is -4.32. The van der Waals surface area contributed by atoms with Gasteiger partial charge < -0.3 is 15.0 Å². The fourth-order valence-corrected chi connectivity index (χ4v) is 8.30. The molecule has 1 N–H and O–H groups in total. The third kappa shape index (κ3) is 9.12. The summed E-state index contributed by atoms with van der Waals surface area (Å²) in [6.45, 7) is 1.06. The van der Waals surface area contributed by atoms with Crippen molar-refractivity contribution in [1.82, 2.24) is 10.2 Å². The Labute approximate surface area is 309 Å². The number of hydrogen-bond donors (Lipinski definition) is 1. The molecule has 4 aromatic carbocycles. The van der Waals surface area contributed by atoms with Crippen LogP contribution in [-0.4, -0.2) is 50.9 Å². The predicted molar refractivity (Wildman–Crippen MR) is 200 cm³/mol. The van der Waals surface area contributed by atoms with Gasteiger partial charge >= 0.3 is 0 Å². The van der Waals surface area contributed by atoms with E-state index in [9.17, 15) is 18.0 Å². The summed E-state index contributed by atoms with van der Waals surface area (Å²) >= 11 is 19.8. The lowest BCUT2D eigenvalue weighted by Gasteiger charge is -2.35. The molecule has 8 nitrogen and oxygen atoms in total. The second-order valence-electron chi connectivity index (χ2n) is 12.4. The van der Waals surface area contributed by atoms with Gasteiger partial charge in [0, 0.05) is 34.6 Å². The quantitative estimate of drug-likeness (QED) is 0.148. The van der Waals surface area contributed by atoms with Crippen LogP contribution >= 0.6 is 34.8 Å². The summed E-state index contributed by atoms with van der Waals surface area (Å²) in [7, 11) is -2.87. The van der Waals surface area contributed by atoms with Gasteiger partial charge in [-0.15, -0.1) is 0 Å². The highest BCUT2D eigenvalue weighted by Crippen LogP contribution is 2.33. The molecular formula is C38H40Cl3N3O5S. The number of carbonyl (C=O) groups excluding carboxylic acids is 2. The molecule has 5 rings (SSSR count). The van der Waals surface area contributed by atoms with Gasteiger partial charge in [-0.05, 0) is 67.8 Å². The summed E-state index contributed by atoms with van der Waals surface area (Å²) < 4.78 is 35.0. The van der Waals surface area contributed by atoms with Gasteiger partial charge in [0.15, 0.2) is 0 Å². The van der Waals surface area contributed by atoms with Gasteiger partial charge in [-0.2, -0.15) is 0 Å². The Morgan fingerprint density at radius 2 is 1.52 bits per heavy atom. The van der Waals surface area contributed by atoms with Crippen molar-refractivity contribution in [2.45, 2.75) is 69.0 Å². The molecule has 1 aliphatic carbocycles. The summed E-state index contributed by atoms with van der Waals surface area (Å²) in [6.07, 6.45) is 4.97. The maximum Gasteiger partial charge on any atom is 0.264 e. The maximum atomic E-state index is 14.8. The number of halogens is 3. The molecule has 1 fully saturated rings. The highest BCUT2D eigenvalue weighted by molar-refractivity contribution is 7.92. The average molecular weight is 757 g/mol. The van der Waals surface area contributed by atoms with E-state index in [2.05, 4.69) is 5.32 Å². The molecule has 4 aromatic rings. The summed E-state index contributed by atoms with van der Waals surface area (Å²) in [5.41, 5.74) is 2.28. The highest BCUT2D eigenvalue weighted by atomic mass is 35.5. The van der Waals surface area contributed by atoms with Crippen molar-refractivity contribution in [3.63, 3.8) is 0 Å². The lowest BCUT2D eigenvalue weighted by Crippen LogP contribution is -2.55. The average Bonchev–Trinajstić information content (AvgIpc) is 3.10. The number of amides is 2. The Hall–Kier alpha value is -3.76. The minimum Gasteiger partial charge on any atom is -0.495 e. The number of nitrogens with zero attached hydrogens (tertiary/aromatic N) is 2. The van der Waals surface area contributed by atoms with Gasteiger partial charge in [0.2, 0.25) is 11.8 Å². The molecule has 1 atom stereocenters. The summed E-state index contributed by atoms with van der Waals surface area (Å²) in [5, 5.41) is 3.98. The molecular weight excluding hydrogens is 717 g/mol. The smallest absolute Gasteiger partial charge is 0.264 e. The number of methoxy groups -OCH3 is 1. The number of anilines is 1. The molecule has 0 unspecified atom stereocenters. The van der Waals surface area contributed by atoms with E-state index in [1.54, 1.807) is 30.3 Å². The largest absolute Gasteiger partial charge is 0.495 e. The van der Waals surface area contributed by atoms with Crippen LogP contribution in [0.25, 0.3) is 0 Å². The van der Waals surface area contributed by atoms with Crippen molar-refractivity contribution in [2.24, 2.45) is 0 Å². The molecule has 1 saturated carbocycles. The van der Waals surface area contributed by atoms with Gasteiger partial charge in [-0.25, -0.2) is 8.42 Å². The Bertz CT molecular complexity index is 1880. The van der Waals surface area contributed by atoms with E-state index in [1.165, 1.54) is 42.3 Å². The molecule has 50 heavy (non-hydrogen) atoms.